The SMILES string of the molecule is OCc1ccc(CN2C=CC=CC2)cc1. The minimum atomic E-state index is 0.118. The quantitative estimate of drug-likeness (QED) is 0.809. The van der Waals surface area contributed by atoms with E-state index < -0.39 is 0 Å². The van der Waals surface area contributed by atoms with E-state index in [1.165, 1.54) is 5.56 Å². The number of benzene rings is 1. The first kappa shape index (κ1) is 9.99. The summed E-state index contributed by atoms with van der Waals surface area (Å²) in [6.07, 6.45) is 8.35. The summed E-state index contributed by atoms with van der Waals surface area (Å²) >= 11 is 0. The summed E-state index contributed by atoms with van der Waals surface area (Å²) in [5.74, 6) is 0. The van der Waals surface area contributed by atoms with E-state index in [2.05, 4.69) is 35.4 Å². The van der Waals surface area contributed by atoms with Crippen LogP contribution in [-0.2, 0) is 13.2 Å². The fourth-order valence-corrected chi connectivity index (χ4v) is 1.61. The molecule has 0 aliphatic carbocycles. The van der Waals surface area contributed by atoms with Gasteiger partial charge in [0.1, 0.15) is 0 Å². The molecule has 0 spiro atoms. The summed E-state index contributed by atoms with van der Waals surface area (Å²) in [5.41, 5.74) is 2.24. The normalized spacial score (nSPS) is 14.6. The molecule has 0 saturated heterocycles. The minimum Gasteiger partial charge on any atom is -0.392 e. The smallest absolute Gasteiger partial charge is 0.0681 e. The fraction of sp³-hybridized carbons (Fsp3) is 0.231. The lowest BCUT2D eigenvalue weighted by Crippen LogP contribution is -2.18. The van der Waals surface area contributed by atoms with E-state index in [1.54, 1.807) is 0 Å². The van der Waals surface area contributed by atoms with Crippen molar-refractivity contribution < 1.29 is 5.11 Å². The van der Waals surface area contributed by atoms with Gasteiger partial charge in [0.2, 0.25) is 0 Å². The topological polar surface area (TPSA) is 23.5 Å². The Morgan fingerprint density at radius 1 is 1.07 bits per heavy atom. The molecule has 1 N–H and O–H groups in total. The third-order valence-corrected chi connectivity index (χ3v) is 2.48. The average Bonchev–Trinajstić information content (AvgIpc) is 2.31. The molecule has 78 valence electrons. The lowest BCUT2D eigenvalue weighted by Gasteiger charge is -2.20. The van der Waals surface area contributed by atoms with Gasteiger partial charge in [-0.3, -0.25) is 0 Å². The molecule has 1 heterocycles. The van der Waals surface area contributed by atoms with Crippen LogP contribution in [0, 0.1) is 0 Å². The van der Waals surface area contributed by atoms with Crippen molar-refractivity contribution in [3.8, 4) is 0 Å². The molecule has 0 saturated carbocycles. The molecule has 1 aromatic carbocycles. The highest BCUT2D eigenvalue weighted by molar-refractivity contribution is 5.22. The summed E-state index contributed by atoms with van der Waals surface area (Å²) < 4.78 is 0. The average molecular weight is 201 g/mol. The molecular formula is C13H15NO. The summed E-state index contributed by atoms with van der Waals surface area (Å²) in [6, 6.07) is 8.08. The second-order valence-electron chi connectivity index (χ2n) is 3.67. The first-order valence-electron chi connectivity index (χ1n) is 5.14. The molecule has 2 rings (SSSR count). The monoisotopic (exact) mass is 201 g/mol. The Balaban J connectivity index is 1.98. The van der Waals surface area contributed by atoms with Gasteiger partial charge >= 0.3 is 0 Å². The zero-order valence-electron chi connectivity index (χ0n) is 8.63. The maximum absolute atomic E-state index is 8.92. The van der Waals surface area contributed by atoms with Gasteiger partial charge in [0.25, 0.3) is 0 Å². The van der Waals surface area contributed by atoms with Gasteiger partial charge in [-0.05, 0) is 23.4 Å². The molecule has 1 aliphatic heterocycles. The summed E-state index contributed by atoms with van der Waals surface area (Å²) in [5, 5.41) is 8.92. The van der Waals surface area contributed by atoms with E-state index in [-0.39, 0.29) is 6.61 Å². The Bertz CT molecular complexity index is 365. The number of aliphatic hydroxyl groups excluding tert-OH is 1. The highest BCUT2D eigenvalue weighted by Crippen LogP contribution is 2.09. The fourth-order valence-electron chi connectivity index (χ4n) is 1.61. The van der Waals surface area contributed by atoms with Crippen LogP contribution in [0.25, 0.3) is 0 Å². The Morgan fingerprint density at radius 2 is 1.80 bits per heavy atom. The molecule has 0 atom stereocenters. The molecule has 0 bridgehead atoms. The number of nitrogens with zero attached hydrogens (tertiary/aromatic N) is 1. The predicted octanol–water partition coefficient (Wildman–Crippen LogP) is 2.06. The zero-order chi connectivity index (χ0) is 10.5. The van der Waals surface area contributed by atoms with Gasteiger partial charge in [-0.25, -0.2) is 0 Å². The second-order valence-corrected chi connectivity index (χ2v) is 3.67. The van der Waals surface area contributed by atoms with Crippen molar-refractivity contribution in [2.45, 2.75) is 13.2 Å². The summed E-state index contributed by atoms with van der Waals surface area (Å²) in [7, 11) is 0. The number of hydrogen-bond donors (Lipinski definition) is 1. The van der Waals surface area contributed by atoms with Crippen molar-refractivity contribution in [2.75, 3.05) is 6.54 Å². The van der Waals surface area contributed by atoms with Crippen molar-refractivity contribution in [1.29, 1.82) is 0 Å². The number of rotatable bonds is 3. The largest absolute Gasteiger partial charge is 0.392 e. The lowest BCUT2D eigenvalue weighted by atomic mass is 10.1. The Morgan fingerprint density at radius 3 is 2.40 bits per heavy atom. The zero-order valence-corrected chi connectivity index (χ0v) is 8.63. The first-order valence-corrected chi connectivity index (χ1v) is 5.14. The van der Waals surface area contributed by atoms with Gasteiger partial charge in [-0.1, -0.05) is 36.4 Å². The van der Waals surface area contributed by atoms with Crippen LogP contribution in [0.2, 0.25) is 0 Å². The van der Waals surface area contributed by atoms with Gasteiger partial charge in [0, 0.05) is 13.1 Å². The van der Waals surface area contributed by atoms with E-state index in [0.29, 0.717) is 0 Å². The molecule has 0 aromatic heterocycles. The Kier molecular flexibility index (Phi) is 3.20. The molecule has 15 heavy (non-hydrogen) atoms. The van der Waals surface area contributed by atoms with Crippen molar-refractivity contribution in [2.24, 2.45) is 0 Å². The molecule has 1 aliphatic rings. The van der Waals surface area contributed by atoms with Gasteiger partial charge in [-0.15, -0.1) is 0 Å². The standard InChI is InChI=1S/C13H15NO/c15-11-13-6-4-12(5-7-13)10-14-8-2-1-3-9-14/h1-8,15H,9-11H2. The number of hydrogen-bond acceptors (Lipinski definition) is 2. The van der Waals surface area contributed by atoms with E-state index in [9.17, 15) is 0 Å². The molecule has 0 amide bonds. The summed E-state index contributed by atoms with van der Waals surface area (Å²) in [4.78, 5) is 2.24. The molecule has 0 fully saturated rings. The number of aliphatic hydroxyl groups is 1. The van der Waals surface area contributed by atoms with Gasteiger partial charge in [0.05, 0.1) is 6.61 Å². The lowest BCUT2D eigenvalue weighted by molar-refractivity contribution is 0.282. The third-order valence-electron chi connectivity index (χ3n) is 2.48. The van der Waals surface area contributed by atoms with E-state index >= 15 is 0 Å². The number of allylic oxidation sites excluding steroid dienone is 2. The van der Waals surface area contributed by atoms with E-state index in [0.717, 1.165) is 18.7 Å². The highest BCUT2D eigenvalue weighted by atomic mass is 16.3. The van der Waals surface area contributed by atoms with Gasteiger partial charge in [0.15, 0.2) is 0 Å². The van der Waals surface area contributed by atoms with Crippen LogP contribution in [0.3, 0.4) is 0 Å². The van der Waals surface area contributed by atoms with Crippen LogP contribution >= 0.6 is 0 Å². The first-order chi connectivity index (χ1) is 7.38. The Hall–Kier alpha value is -1.54. The van der Waals surface area contributed by atoms with Crippen LogP contribution in [0.4, 0.5) is 0 Å². The van der Waals surface area contributed by atoms with Crippen LogP contribution in [0.5, 0.6) is 0 Å². The minimum absolute atomic E-state index is 0.118. The van der Waals surface area contributed by atoms with Crippen molar-refractivity contribution >= 4 is 0 Å². The predicted molar refractivity (Wildman–Crippen MR) is 61.1 cm³/mol. The van der Waals surface area contributed by atoms with E-state index in [4.69, 9.17) is 5.11 Å². The second kappa shape index (κ2) is 4.80. The van der Waals surface area contributed by atoms with Crippen molar-refractivity contribution in [3.63, 3.8) is 0 Å². The van der Waals surface area contributed by atoms with Crippen molar-refractivity contribution in [3.05, 3.63) is 59.8 Å². The summed E-state index contributed by atoms with van der Waals surface area (Å²) in [6.45, 7) is 2.01. The van der Waals surface area contributed by atoms with E-state index in [1.807, 2.05) is 18.2 Å². The maximum atomic E-state index is 8.92. The Labute approximate surface area is 90.2 Å². The van der Waals surface area contributed by atoms with Gasteiger partial charge < -0.3 is 10.0 Å². The molecule has 1 aromatic rings. The highest BCUT2D eigenvalue weighted by Gasteiger charge is 2.01. The molecule has 0 unspecified atom stereocenters. The van der Waals surface area contributed by atoms with Gasteiger partial charge in [-0.2, -0.15) is 0 Å². The molecule has 2 nitrogen and oxygen atoms in total. The maximum Gasteiger partial charge on any atom is 0.0681 e. The third kappa shape index (κ3) is 2.70. The molecular weight excluding hydrogens is 186 g/mol. The van der Waals surface area contributed by atoms with Crippen LogP contribution in [0.1, 0.15) is 11.1 Å². The van der Waals surface area contributed by atoms with Crippen LogP contribution < -0.4 is 0 Å². The van der Waals surface area contributed by atoms with Crippen molar-refractivity contribution in [1.82, 2.24) is 4.90 Å². The van der Waals surface area contributed by atoms with Crippen LogP contribution in [-0.4, -0.2) is 16.6 Å². The molecule has 0 radical (unpaired) electrons. The molecule has 2 heteroatoms. The van der Waals surface area contributed by atoms with Crippen LogP contribution in [0.15, 0.2) is 48.7 Å².